The highest BCUT2D eigenvalue weighted by Crippen LogP contribution is 2.30. The molecule has 3 rings (SSSR count). The van der Waals surface area contributed by atoms with Crippen LogP contribution in [-0.2, 0) is 7.05 Å². The number of aryl methyl sites for hydroxylation is 1. The zero-order valence-corrected chi connectivity index (χ0v) is 11.2. The molecular weight excluding hydrogens is 260 g/mol. The molecule has 0 saturated carbocycles. The number of nitrogens with two attached hydrogens (primary N) is 1. The van der Waals surface area contributed by atoms with Crippen molar-refractivity contribution in [2.24, 2.45) is 12.8 Å². The summed E-state index contributed by atoms with van der Waals surface area (Å²) in [6.07, 6.45) is 0. The Morgan fingerprint density at radius 3 is 2.47 bits per heavy atom. The lowest BCUT2D eigenvalue weighted by Gasteiger charge is -2.00. The minimum absolute atomic E-state index is 0.0248. The van der Waals surface area contributed by atoms with Gasteiger partial charge in [0.25, 0.3) is 0 Å². The topological polar surface area (TPSA) is 48.0 Å². The highest BCUT2D eigenvalue weighted by Gasteiger charge is 2.11. The Labute approximate surface area is 115 Å². The summed E-state index contributed by atoms with van der Waals surface area (Å²) >= 11 is 6.06. The van der Waals surface area contributed by atoms with E-state index in [0.29, 0.717) is 10.6 Å². The monoisotopic (exact) mass is 272 g/mol. The lowest BCUT2D eigenvalue weighted by atomic mass is 10.1. The average molecular weight is 273 g/mol. The maximum absolute atomic E-state index is 11.7. The van der Waals surface area contributed by atoms with Crippen LogP contribution in [-0.4, -0.2) is 16.9 Å². The number of hydrogen-bond donors (Lipinski definition) is 1. The number of aromatic nitrogens is 1. The summed E-state index contributed by atoms with van der Waals surface area (Å²) in [5, 5.41) is 2.77. The van der Waals surface area contributed by atoms with Gasteiger partial charge in [0, 0.05) is 39.4 Å². The van der Waals surface area contributed by atoms with Crippen molar-refractivity contribution < 1.29 is 4.79 Å². The van der Waals surface area contributed by atoms with Gasteiger partial charge < -0.3 is 10.3 Å². The maximum Gasteiger partial charge on any atom is 0.176 e. The quantitative estimate of drug-likeness (QED) is 0.729. The molecule has 1 aromatic heterocycles. The molecule has 96 valence electrons. The van der Waals surface area contributed by atoms with Crippen molar-refractivity contribution >= 4 is 39.2 Å². The van der Waals surface area contributed by atoms with Crippen molar-refractivity contribution in [2.45, 2.75) is 0 Å². The normalized spacial score (nSPS) is 11.3. The first-order valence-electron chi connectivity index (χ1n) is 6.03. The van der Waals surface area contributed by atoms with Crippen LogP contribution in [0.3, 0.4) is 0 Å². The van der Waals surface area contributed by atoms with Gasteiger partial charge in [0.05, 0.1) is 6.54 Å². The fourth-order valence-electron chi connectivity index (χ4n) is 2.48. The standard InChI is InChI=1S/C15H13ClN2O/c1-18-13-4-2-9(15(19)8-17)6-11(13)12-7-10(16)3-5-14(12)18/h2-7H,8,17H2,1H3. The third-order valence-electron chi connectivity index (χ3n) is 3.48. The van der Waals surface area contributed by atoms with E-state index in [0.717, 1.165) is 21.8 Å². The van der Waals surface area contributed by atoms with Gasteiger partial charge in [-0.05, 0) is 36.4 Å². The lowest BCUT2D eigenvalue weighted by Crippen LogP contribution is -2.13. The van der Waals surface area contributed by atoms with E-state index in [9.17, 15) is 4.79 Å². The van der Waals surface area contributed by atoms with Crippen molar-refractivity contribution in [1.29, 1.82) is 0 Å². The van der Waals surface area contributed by atoms with E-state index in [4.69, 9.17) is 17.3 Å². The number of Topliss-reactive ketones (excluding diaryl/α,β-unsaturated/α-hetero) is 1. The summed E-state index contributed by atoms with van der Waals surface area (Å²) in [6.45, 7) is 0.0248. The molecule has 0 fully saturated rings. The summed E-state index contributed by atoms with van der Waals surface area (Å²) in [5.41, 5.74) is 8.22. The molecular formula is C15H13ClN2O. The molecule has 0 unspecified atom stereocenters. The number of carbonyl (C=O) groups excluding carboxylic acids is 1. The number of fused-ring (bicyclic) bond motifs is 3. The highest BCUT2D eigenvalue weighted by atomic mass is 35.5. The molecule has 0 aliphatic rings. The SMILES string of the molecule is Cn1c2ccc(Cl)cc2c2cc(C(=O)CN)ccc21. The third-order valence-corrected chi connectivity index (χ3v) is 3.71. The number of halogens is 1. The van der Waals surface area contributed by atoms with E-state index in [2.05, 4.69) is 4.57 Å². The number of hydrogen-bond acceptors (Lipinski definition) is 2. The van der Waals surface area contributed by atoms with Gasteiger partial charge in [0.1, 0.15) is 0 Å². The van der Waals surface area contributed by atoms with Crippen LogP contribution in [0.4, 0.5) is 0 Å². The second kappa shape index (κ2) is 4.37. The molecule has 19 heavy (non-hydrogen) atoms. The number of ketones is 1. The van der Waals surface area contributed by atoms with Gasteiger partial charge in [-0.1, -0.05) is 11.6 Å². The summed E-state index contributed by atoms with van der Waals surface area (Å²) in [5.74, 6) is -0.0547. The molecule has 4 heteroatoms. The largest absolute Gasteiger partial charge is 0.344 e. The van der Waals surface area contributed by atoms with Crippen LogP contribution in [0.15, 0.2) is 36.4 Å². The van der Waals surface area contributed by atoms with E-state index in [1.54, 1.807) is 0 Å². The predicted octanol–water partition coefficient (Wildman–Crippen LogP) is 3.13. The molecule has 2 N–H and O–H groups in total. The van der Waals surface area contributed by atoms with Crippen molar-refractivity contribution in [3.63, 3.8) is 0 Å². The first-order chi connectivity index (χ1) is 9.11. The molecule has 1 heterocycles. The molecule has 0 saturated heterocycles. The van der Waals surface area contributed by atoms with Gasteiger partial charge in [0.15, 0.2) is 5.78 Å². The zero-order chi connectivity index (χ0) is 13.6. The molecule has 0 atom stereocenters. The molecule has 2 aromatic carbocycles. The molecule has 0 amide bonds. The molecule has 0 aliphatic carbocycles. The van der Waals surface area contributed by atoms with Crippen LogP contribution in [0.5, 0.6) is 0 Å². The predicted molar refractivity (Wildman–Crippen MR) is 78.8 cm³/mol. The van der Waals surface area contributed by atoms with Gasteiger partial charge in [-0.2, -0.15) is 0 Å². The van der Waals surface area contributed by atoms with Crippen molar-refractivity contribution in [2.75, 3.05) is 6.54 Å². The van der Waals surface area contributed by atoms with E-state index >= 15 is 0 Å². The van der Waals surface area contributed by atoms with Crippen molar-refractivity contribution in [1.82, 2.24) is 4.57 Å². The van der Waals surface area contributed by atoms with E-state index in [1.807, 2.05) is 43.4 Å². The van der Waals surface area contributed by atoms with E-state index in [-0.39, 0.29) is 12.3 Å². The Balaban J connectivity index is 2.41. The smallest absolute Gasteiger partial charge is 0.176 e. The van der Waals surface area contributed by atoms with Gasteiger partial charge in [-0.15, -0.1) is 0 Å². The molecule has 0 bridgehead atoms. The minimum atomic E-state index is -0.0547. The average Bonchev–Trinajstić information content (AvgIpc) is 2.70. The Hall–Kier alpha value is -1.84. The molecule has 3 nitrogen and oxygen atoms in total. The van der Waals surface area contributed by atoms with Crippen LogP contribution in [0.1, 0.15) is 10.4 Å². The summed E-state index contributed by atoms with van der Waals surface area (Å²) in [6, 6.07) is 11.4. The van der Waals surface area contributed by atoms with Gasteiger partial charge in [-0.25, -0.2) is 0 Å². The van der Waals surface area contributed by atoms with E-state index < -0.39 is 0 Å². The minimum Gasteiger partial charge on any atom is -0.344 e. The van der Waals surface area contributed by atoms with Gasteiger partial charge >= 0.3 is 0 Å². The van der Waals surface area contributed by atoms with Crippen LogP contribution in [0.25, 0.3) is 21.8 Å². The molecule has 3 aromatic rings. The highest BCUT2D eigenvalue weighted by molar-refractivity contribution is 6.32. The molecule has 0 aliphatic heterocycles. The zero-order valence-electron chi connectivity index (χ0n) is 10.5. The Bertz CT molecular complexity index is 805. The van der Waals surface area contributed by atoms with E-state index in [1.165, 1.54) is 0 Å². The first-order valence-corrected chi connectivity index (χ1v) is 6.40. The van der Waals surface area contributed by atoms with Crippen LogP contribution >= 0.6 is 11.6 Å². The maximum atomic E-state index is 11.7. The van der Waals surface area contributed by atoms with Crippen molar-refractivity contribution in [3.05, 3.63) is 47.0 Å². The lowest BCUT2D eigenvalue weighted by molar-refractivity contribution is 0.100. The summed E-state index contributed by atoms with van der Waals surface area (Å²) < 4.78 is 2.09. The fourth-order valence-corrected chi connectivity index (χ4v) is 2.65. The van der Waals surface area contributed by atoms with Crippen LogP contribution in [0, 0.1) is 0 Å². The number of benzene rings is 2. The molecule has 0 radical (unpaired) electrons. The Kier molecular flexibility index (Phi) is 2.81. The second-order valence-electron chi connectivity index (χ2n) is 4.58. The van der Waals surface area contributed by atoms with Crippen LogP contribution < -0.4 is 5.73 Å². The second-order valence-corrected chi connectivity index (χ2v) is 5.02. The molecule has 0 spiro atoms. The van der Waals surface area contributed by atoms with Crippen molar-refractivity contribution in [3.8, 4) is 0 Å². The Morgan fingerprint density at radius 2 is 1.79 bits per heavy atom. The fraction of sp³-hybridized carbons (Fsp3) is 0.133. The number of carbonyl (C=O) groups is 1. The third kappa shape index (κ3) is 1.82. The number of rotatable bonds is 2. The number of nitrogens with zero attached hydrogens (tertiary/aromatic N) is 1. The van der Waals surface area contributed by atoms with Crippen LogP contribution in [0.2, 0.25) is 5.02 Å². The van der Waals surface area contributed by atoms with Gasteiger partial charge in [0.2, 0.25) is 0 Å². The first kappa shape index (κ1) is 12.2. The summed E-state index contributed by atoms with van der Waals surface area (Å²) in [4.78, 5) is 11.7. The Morgan fingerprint density at radius 1 is 1.16 bits per heavy atom. The summed E-state index contributed by atoms with van der Waals surface area (Å²) in [7, 11) is 2.00. The van der Waals surface area contributed by atoms with Gasteiger partial charge in [-0.3, -0.25) is 4.79 Å².